The zero-order chi connectivity index (χ0) is 12.8. The third-order valence-corrected chi connectivity index (χ3v) is 2.69. The molecule has 0 fully saturated rings. The second-order valence-corrected chi connectivity index (χ2v) is 4.71. The summed E-state index contributed by atoms with van der Waals surface area (Å²) in [7, 11) is 4.12. The Bertz CT molecular complexity index is 348. The third kappa shape index (κ3) is 4.75. The lowest BCUT2D eigenvalue weighted by molar-refractivity contribution is 0.199. The summed E-state index contributed by atoms with van der Waals surface area (Å²) < 4.78 is 5.71. The minimum absolute atomic E-state index is 0.420. The van der Waals surface area contributed by atoms with E-state index in [1.54, 1.807) is 6.92 Å². The predicted octanol–water partition coefficient (Wildman–Crippen LogP) is 2.38. The molecule has 0 radical (unpaired) electrons. The zero-order valence-electron chi connectivity index (χ0n) is 11.2. The van der Waals surface area contributed by atoms with E-state index in [0.29, 0.717) is 0 Å². The van der Waals surface area contributed by atoms with E-state index in [1.165, 1.54) is 0 Å². The Labute approximate surface area is 104 Å². The number of hydrogen-bond donors (Lipinski definition) is 1. The number of hydrogen-bond acceptors (Lipinski definition) is 3. The summed E-state index contributed by atoms with van der Waals surface area (Å²) in [5.41, 5.74) is 2.01. The monoisotopic (exact) mass is 237 g/mol. The van der Waals surface area contributed by atoms with Crippen LogP contribution in [0.25, 0.3) is 0 Å². The van der Waals surface area contributed by atoms with Gasteiger partial charge in [-0.3, -0.25) is 0 Å². The van der Waals surface area contributed by atoms with Crippen LogP contribution in [0, 0.1) is 6.92 Å². The van der Waals surface area contributed by atoms with Gasteiger partial charge in [-0.2, -0.15) is 0 Å². The highest BCUT2D eigenvalue weighted by molar-refractivity contribution is 5.36. The van der Waals surface area contributed by atoms with Gasteiger partial charge in [0, 0.05) is 6.54 Å². The molecule has 0 saturated heterocycles. The van der Waals surface area contributed by atoms with Gasteiger partial charge in [-0.05, 0) is 57.6 Å². The van der Waals surface area contributed by atoms with Crippen molar-refractivity contribution in [1.82, 2.24) is 4.90 Å². The maximum atomic E-state index is 9.47. The summed E-state index contributed by atoms with van der Waals surface area (Å²) in [5.74, 6) is 0.910. The number of aliphatic hydroxyl groups is 1. The van der Waals surface area contributed by atoms with Gasteiger partial charge in [0.15, 0.2) is 0 Å². The van der Waals surface area contributed by atoms with Crippen molar-refractivity contribution in [3.8, 4) is 5.75 Å². The average Bonchev–Trinajstić information content (AvgIpc) is 2.25. The first-order valence-corrected chi connectivity index (χ1v) is 6.07. The van der Waals surface area contributed by atoms with E-state index in [4.69, 9.17) is 4.74 Å². The number of benzene rings is 1. The van der Waals surface area contributed by atoms with Crippen molar-refractivity contribution < 1.29 is 9.84 Å². The van der Waals surface area contributed by atoms with E-state index in [1.807, 2.05) is 25.1 Å². The highest BCUT2D eigenvalue weighted by atomic mass is 16.5. The molecule has 0 aliphatic heterocycles. The van der Waals surface area contributed by atoms with Gasteiger partial charge in [-0.25, -0.2) is 0 Å². The quantitative estimate of drug-likeness (QED) is 0.771. The van der Waals surface area contributed by atoms with Crippen LogP contribution in [0.5, 0.6) is 5.75 Å². The van der Waals surface area contributed by atoms with E-state index in [2.05, 4.69) is 19.0 Å². The molecule has 1 rings (SSSR count). The summed E-state index contributed by atoms with van der Waals surface area (Å²) in [6.45, 7) is 5.54. The summed E-state index contributed by atoms with van der Waals surface area (Å²) >= 11 is 0. The van der Waals surface area contributed by atoms with Gasteiger partial charge in [0.2, 0.25) is 0 Å². The second kappa shape index (κ2) is 6.62. The van der Waals surface area contributed by atoms with Crippen molar-refractivity contribution in [2.75, 3.05) is 27.2 Å². The fourth-order valence-electron chi connectivity index (χ4n) is 1.66. The molecule has 0 aliphatic rings. The molecular weight excluding hydrogens is 214 g/mol. The van der Waals surface area contributed by atoms with Crippen LogP contribution in [-0.4, -0.2) is 37.3 Å². The maximum absolute atomic E-state index is 9.47. The first-order chi connectivity index (χ1) is 8.00. The highest BCUT2D eigenvalue weighted by Crippen LogP contribution is 2.22. The number of aryl methyl sites for hydroxylation is 1. The van der Waals surface area contributed by atoms with Gasteiger partial charge in [0.25, 0.3) is 0 Å². The van der Waals surface area contributed by atoms with Gasteiger partial charge in [-0.15, -0.1) is 0 Å². The van der Waals surface area contributed by atoms with Crippen molar-refractivity contribution in [1.29, 1.82) is 0 Å². The van der Waals surface area contributed by atoms with E-state index in [-0.39, 0.29) is 0 Å². The first kappa shape index (κ1) is 14.0. The minimum Gasteiger partial charge on any atom is -0.493 e. The molecule has 1 aromatic carbocycles. The smallest absolute Gasteiger partial charge is 0.122 e. The molecule has 0 heterocycles. The fraction of sp³-hybridized carbons (Fsp3) is 0.571. The average molecular weight is 237 g/mol. The van der Waals surface area contributed by atoms with Crippen LogP contribution in [0.15, 0.2) is 18.2 Å². The molecule has 1 aromatic rings. The molecule has 1 atom stereocenters. The van der Waals surface area contributed by atoms with Gasteiger partial charge in [-0.1, -0.05) is 6.07 Å². The lowest BCUT2D eigenvalue weighted by Crippen LogP contribution is -2.15. The summed E-state index contributed by atoms with van der Waals surface area (Å²) in [4.78, 5) is 2.15. The molecule has 0 aromatic heterocycles. The highest BCUT2D eigenvalue weighted by Gasteiger charge is 2.05. The van der Waals surface area contributed by atoms with Crippen molar-refractivity contribution in [3.05, 3.63) is 29.3 Å². The van der Waals surface area contributed by atoms with Gasteiger partial charge < -0.3 is 14.7 Å². The van der Waals surface area contributed by atoms with E-state index in [9.17, 15) is 5.11 Å². The van der Waals surface area contributed by atoms with E-state index < -0.39 is 6.10 Å². The zero-order valence-corrected chi connectivity index (χ0v) is 11.2. The topological polar surface area (TPSA) is 32.7 Å². The molecule has 3 heteroatoms. The predicted molar refractivity (Wildman–Crippen MR) is 70.5 cm³/mol. The summed E-state index contributed by atoms with van der Waals surface area (Å²) in [6.07, 6.45) is 0.599. The summed E-state index contributed by atoms with van der Waals surface area (Å²) in [6, 6.07) is 5.83. The Hall–Kier alpha value is -1.06. The van der Waals surface area contributed by atoms with Crippen LogP contribution in [0.4, 0.5) is 0 Å². The molecule has 96 valence electrons. The number of rotatable bonds is 6. The van der Waals surface area contributed by atoms with Crippen LogP contribution < -0.4 is 4.74 Å². The number of ether oxygens (including phenoxy) is 1. The fourth-order valence-corrected chi connectivity index (χ4v) is 1.66. The van der Waals surface area contributed by atoms with Crippen molar-refractivity contribution in [2.45, 2.75) is 26.4 Å². The number of nitrogens with zero attached hydrogens (tertiary/aromatic N) is 1. The lowest BCUT2D eigenvalue weighted by atomic mass is 10.1. The second-order valence-electron chi connectivity index (χ2n) is 4.71. The molecule has 1 unspecified atom stereocenters. The number of aliphatic hydroxyl groups excluding tert-OH is 1. The van der Waals surface area contributed by atoms with E-state index >= 15 is 0 Å². The van der Waals surface area contributed by atoms with Gasteiger partial charge in [0.1, 0.15) is 5.75 Å². The van der Waals surface area contributed by atoms with Crippen LogP contribution in [0.1, 0.15) is 30.6 Å². The standard InChI is InChI=1S/C14H23NO2/c1-11-10-13(12(2)16)6-7-14(11)17-9-5-8-15(3)4/h6-7,10,12,16H,5,8-9H2,1-4H3. The van der Waals surface area contributed by atoms with Crippen LogP contribution in [0.2, 0.25) is 0 Å². The molecule has 0 amide bonds. The molecule has 0 spiro atoms. The Morgan fingerprint density at radius 1 is 1.35 bits per heavy atom. The SMILES string of the molecule is Cc1cc(C(C)O)ccc1OCCCN(C)C. The Balaban J connectivity index is 2.49. The normalized spacial score (nSPS) is 12.8. The van der Waals surface area contributed by atoms with Crippen molar-refractivity contribution in [3.63, 3.8) is 0 Å². The van der Waals surface area contributed by atoms with Gasteiger partial charge >= 0.3 is 0 Å². The molecule has 1 N–H and O–H groups in total. The largest absolute Gasteiger partial charge is 0.493 e. The lowest BCUT2D eigenvalue weighted by Gasteiger charge is -2.13. The van der Waals surface area contributed by atoms with Gasteiger partial charge in [0.05, 0.1) is 12.7 Å². The van der Waals surface area contributed by atoms with Crippen LogP contribution >= 0.6 is 0 Å². The Morgan fingerprint density at radius 2 is 2.06 bits per heavy atom. The molecule has 0 saturated carbocycles. The molecular formula is C14H23NO2. The molecule has 3 nitrogen and oxygen atoms in total. The van der Waals surface area contributed by atoms with Crippen LogP contribution in [-0.2, 0) is 0 Å². The van der Waals surface area contributed by atoms with Crippen molar-refractivity contribution >= 4 is 0 Å². The van der Waals surface area contributed by atoms with Crippen molar-refractivity contribution in [2.24, 2.45) is 0 Å². The summed E-state index contributed by atoms with van der Waals surface area (Å²) in [5, 5.41) is 9.47. The van der Waals surface area contributed by atoms with Crippen LogP contribution in [0.3, 0.4) is 0 Å². The van der Waals surface area contributed by atoms with E-state index in [0.717, 1.165) is 36.4 Å². The molecule has 17 heavy (non-hydrogen) atoms. The molecule has 0 aliphatic carbocycles. The first-order valence-electron chi connectivity index (χ1n) is 6.07. The minimum atomic E-state index is -0.420. The Kier molecular flexibility index (Phi) is 5.45. The maximum Gasteiger partial charge on any atom is 0.122 e. The Morgan fingerprint density at radius 3 is 2.59 bits per heavy atom. The molecule has 0 bridgehead atoms. The third-order valence-electron chi connectivity index (χ3n) is 2.69.